The topological polar surface area (TPSA) is 112 Å². The van der Waals surface area contributed by atoms with Gasteiger partial charge in [-0.1, -0.05) is 19.8 Å². The molecule has 3 atom stereocenters. The highest BCUT2D eigenvalue weighted by molar-refractivity contribution is 5.80. The van der Waals surface area contributed by atoms with E-state index in [1.165, 1.54) is 24.3 Å². The predicted molar refractivity (Wildman–Crippen MR) is 164 cm³/mol. The summed E-state index contributed by atoms with van der Waals surface area (Å²) in [5.41, 5.74) is 1.64. The van der Waals surface area contributed by atoms with E-state index < -0.39 is 6.36 Å². The normalized spacial score (nSPS) is 19.3. The van der Waals surface area contributed by atoms with Gasteiger partial charge in [0, 0.05) is 69.5 Å². The van der Waals surface area contributed by atoms with Crippen molar-refractivity contribution in [2.24, 2.45) is 11.8 Å². The highest BCUT2D eigenvalue weighted by Crippen LogP contribution is 2.31. The predicted octanol–water partition coefficient (Wildman–Crippen LogP) is 4.17. The number of halogens is 3. The summed E-state index contributed by atoms with van der Waals surface area (Å²) in [5.74, 6) is -0.310. The number of nitrogens with one attached hydrogen (secondary N) is 3. The average Bonchev–Trinajstić information content (AvgIpc) is 3.02. The number of alkyl halides is 3. The van der Waals surface area contributed by atoms with Crippen molar-refractivity contribution in [2.45, 2.75) is 51.9 Å². The number of amides is 3. The van der Waals surface area contributed by atoms with Gasteiger partial charge in [0.05, 0.1) is 0 Å². The molecule has 2 aliphatic rings. The lowest BCUT2D eigenvalue weighted by Crippen LogP contribution is -2.49. The zero-order valence-electron chi connectivity index (χ0n) is 25.7. The Labute approximate surface area is 261 Å². The maximum Gasteiger partial charge on any atom is 0.573 e. The number of hydrogen-bond donors (Lipinski definition) is 3. The SMILES string of the molecule is CC(=O)N1CCN(c2ccc(OCC(=O)NC3CCCCC3C(C)C(=O)NCCNc3ccc(OC(F)(F)F)cc3)cc2)CC1. The van der Waals surface area contributed by atoms with Crippen LogP contribution in [0.1, 0.15) is 39.5 Å². The molecule has 4 rings (SSSR count). The van der Waals surface area contributed by atoms with E-state index in [9.17, 15) is 27.6 Å². The molecule has 3 N–H and O–H groups in total. The van der Waals surface area contributed by atoms with E-state index in [0.717, 1.165) is 44.5 Å². The number of ether oxygens (including phenoxy) is 2. The number of anilines is 2. The van der Waals surface area contributed by atoms with Crippen LogP contribution in [0.4, 0.5) is 24.5 Å². The van der Waals surface area contributed by atoms with Gasteiger partial charge in [-0.05, 0) is 67.3 Å². The monoisotopic (exact) mass is 633 g/mol. The summed E-state index contributed by atoms with van der Waals surface area (Å²) in [5, 5.41) is 9.05. The van der Waals surface area contributed by atoms with E-state index in [1.807, 2.05) is 36.1 Å². The van der Waals surface area contributed by atoms with Gasteiger partial charge in [0.25, 0.3) is 5.91 Å². The quantitative estimate of drug-likeness (QED) is 0.301. The van der Waals surface area contributed by atoms with Gasteiger partial charge in [-0.25, -0.2) is 0 Å². The molecule has 3 unspecified atom stereocenters. The van der Waals surface area contributed by atoms with E-state index in [1.54, 1.807) is 6.92 Å². The third-order valence-electron chi connectivity index (χ3n) is 8.36. The van der Waals surface area contributed by atoms with Gasteiger partial charge < -0.3 is 35.2 Å². The lowest BCUT2D eigenvalue weighted by Gasteiger charge is -2.35. The van der Waals surface area contributed by atoms with Gasteiger partial charge in [0.15, 0.2) is 6.61 Å². The largest absolute Gasteiger partial charge is 0.573 e. The Hall–Kier alpha value is -4.16. The first-order chi connectivity index (χ1) is 21.5. The number of carbonyl (C=O) groups excluding carboxylic acids is 3. The van der Waals surface area contributed by atoms with Gasteiger partial charge in [-0.3, -0.25) is 14.4 Å². The molecule has 0 bridgehead atoms. The summed E-state index contributed by atoms with van der Waals surface area (Å²) in [6, 6.07) is 12.8. The maximum absolute atomic E-state index is 12.9. The third kappa shape index (κ3) is 10.5. The molecule has 10 nitrogen and oxygen atoms in total. The van der Waals surface area contributed by atoms with Crippen molar-refractivity contribution in [3.8, 4) is 11.5 Å². The van der Waals surface area contributed by atoms with Gasteiger partial charge in [0.1, 0.15) is 11.5 Å². The van der Waals surface area contributed by atoms with E-state index >= 15 is 0 Å². The first-order valence-electron chi connectivity index (χ1n) is 15.4. The van der Waals surface area contributed by atoms with Crippen molar-refractivity contribution in [1.82, 2.24) is 15.5 Å². The number of rotatable bonds is 12. The number of hydrogen-bond acceptors (Lipinski definition) is 7. The molecular formula is C32H42F3N5O5. The van der Waals surface area contributed by atoms with Crippen molar-refractivity contribution in [3.63, 3.8) is 0 Å². The first kappa shape index (κ1) is 33.7. The zero-order chi connectivity index (χ0) is 32.4. The van der Waals surface area contributed by atoms with E-state index in [-0.39, 0.29) is 48.0 Å². The molecule has 45 heavy (non-hydrogen) atoms. The molecule has 2 aromatic carbocycles. The fraction of sp³-hybridized carbons (Fsp3) is 0.531. The third-order valence-corrected chi connectivity index (χ3v) is 8.36. The van der Waals surface area contributed by atoms with Crippen LogP contribution in [-0.4, -0.2) is 80.9 Å². The molecule has 2 aromatic rings. The fourth-order valence-electron chi connectivity index (χ4n) is 5.89. The standard InChI is InChI=1S/C32H42F3N5O5/c1-22(31(43)37-16-15-36-24-7-11-27(12-8-24)45-32(33,34)35)28-5-3-4-6-29(28)38-30(42)21-44-26-13-9-25(10-14-26)40-19-17-39(18-20-40)23(2)41/h7-14,22,28-29,36H,3-6,15-21H2,1-2H3,(H,37,43)(H,38,42). The molecule has 246 valence electrons. The molecule has 1 saturated carbocycles. The molecule has 1 heterocycles. The summed E-state index contributed by atoms with van der Waals surface area (Å²) >= 11 is 0. The van der Waals surface area contributed by atoms with E-state index in [4.69, 9.17) is 4.74 Å². The Balaban J connectivity index is 1.17. The minimum Gasteiger partial charge on any atom is -0.484 e. The Morgan fingerprint density at radius 2 is 1.56 bits per heavy atom. The Kier molecular flexibility index (Phi) is 11.8. The molecule has 1 aliphatic carbocycles. The van der Waals surface area contributed by atoms with Crippen LogP contribution >= 0.6 is 0 Å². The maximum atomic E-state index is 12.9. The number of benzene rings is 2. The Morgan fingerprint density at radius 3 is 2.20 bits per heavy atom. The number of piperazine rings is 1. The molecule has 1 aliphatic heterocycles. The van der Waals surface area contributed by atoms with Crippen LogP contribution in [0.25, 0.3) is 0 Å². The molecule has 0 spiro atoms. The lowest BCUT2D eigenvalue weighted by molar-refractivity contribution is -0.274. The highest BCUT2D eigenvalue weighted by Gasteiger charge is 2.34. The summed E-state index contributed by atoms with van der Waals surface area (Å²) in [7, 11) is 0. The molecule has 2 fully saturated rings. The van der Waals surface area contributed by atoms with E-state index in [2.05, 4.69) is 25.6 Å². The summed E-state index contributed by atoms with van der Waals surface area (Å²) < 4.78 is 46.6. The first-order valence-corrected chi connectivity index (χ1v) is 15.4. The minimum absolute atomic E-state index is 0.0143. The molecule has 0 aromatic heterocycles. The van der Waals surface area contributed by atoms with Crippen molar-refractivity contribution in [2.75, 3.05) is 56.1 Å². The highest BCUT2D eigenvalue weighted by atomic mass is 19.4. The van der Waals surface area contributed by atoms with Crippen molar-refractivity contribution in [1.29, 1.82) is 0 Å². The number of nitrogens with zero attached hydrogens (tertiary/aromatic N) is 2. The van der Waals surface area contributed by atoms with Crippen molar-refractivity contribution >= 4 is 29.1 Å². The Bertz CT molecular complexity index is 1270. The van der Waals surface area contributed by atoms with Gasteiger partial charge in [-0.15, -0.1) is 13.2 Å². The number of carbonyl (C=O) groups is 3. The molecule has 1 saturated heterocycles. The van der Waals surface area contributed by atoms with Crippen molar-refractivity contribution in [3.05, 3.63) is 48.5 Å². The van der Waals surface area contributed by atoms with Crippen LogP contribution in [0.3, 0.4) is 0 Å². The van der Waals surface area contributed by atoms with Gasteiger partial charge in [-0.2, -0.15) is 0 Å². The zero-order valence-corrected chi connectivity index (χ0v) is 25.7. The smallest absolute Gasteiger partial charge is 0.484 e. The van der Waals surface area contributed by atoms with Crippen LogP contribution in [0.2, 0.25) is 0 Å². The van der Waals surface area contributed by atoms with Crippen LogP contribution in [0.5, 0.6) is 11.5 Å². The van der Waals surface area contributed by atoms with Gasteiger partial charge in [0.2, 0.25) is 11.8 Å². The van der Waals surface area contributed by atoms with E-state index in [0.29, 0.717) is 37.6 Å². The summed E-state index contributed by atoms with van der Waals surface area (Å²) in [4.78, 5) is 41.4. The average molecular weight is 634 g/mol. The second-order valence-corrected chi connectivity index (χ2v) is 11.5. The van der Waals surface area contributed by atoms with Crippen LogP contribution in [0, 0.1) is 11.8 Å². The van der Waals surface area contributed by atoms with Crippen LogP contribution in [-0.2, 0) is 14.4 Å². The fourth-order valence-corrected chi connectivity index (χ4v) is 5.89. The van der Waals surface area contributed by atoms with Crippen molar-refractivity contribution < 1.29 is 37.0 Å². The molecule has 13 heteroatoms. The lowest BCUT2D eigenvalue weighted by atomic mass is 9.76. The summed E-state index contributed by atoms with van der Waals surface area (Å²) in [6.45, 7) is 6.95. The van der Waals surface area contributed by atoms with Crippen LogP contribution < -0.4 is 30.3 Å². The summed E-state index contributed by atoms with van der Waals surface area (Å²) in [6.07, 6.45) is -1.18. The van der Waals surface area contributed by atoms with Gasteiger partial charge >= 0.3 is 6.36 Å². The molecule has 0 radical (unpaired) electrons. The second-order valence-electron chi connectivity index (χ2n) is 11.5. The Morgan fingerprint density at radius 1 is 0.911 bits per heavy atom. The van der Waals surface area contributed by atoms with Crippen LogP contribution in [0.15, 0.2) is 48.5 Å². The minimum atomic E-state index is -4.74. The second kappa shape index (κ2) is 15.7. The molecule has 3 amide bonds. The molecular weight excluding hydrogens is 591 g/mol.